The number of nitrogens with zero attached hydrogens (tertiary/aromatic N) is 1. The maximum absolute atomic E-state index is 12.3. The Labute approximate surface area is 171 Å². The molecule has 0 aliphatic carbocycles. The fourth-order valence-corrected chi connectivity index (χ4v) is 3.44. The van der Waals surface area contributed by atoms with Crippen molar-refractivity contribution in [3.05, 3.63) is 65.7 Å². The van der Waals surface area contributed by atoms with Gasteiger partial charge in [0.15, 0.2) is 6.61 Å². The van der Waals surface area contributed by atoms with E-state index in [-0.39, 0.29) is 24.6 Å². The van der Waals surface area contributed by atoms with Crippen LogP contribution in [0.2, 0.25) is 0 Å². The van der Waals surface area contributed by atoms with Gasteiger partial charge in [0.05, 0.1) is 6.61 Å². The van der Waals surface area contributed by atoms with Crippen LogP contribution in [0.25, 0.3) is 0 Å². The Balaban J connectivity index is 1.46. The highest BCUT2D eigenvalue weighted by Gasteiger charge is 2.24. The quantitative estimate of drug-likeness (QED) is 0.779. The first-order valence-electron chi connectivity index (χ1n) is 10.1. The third kappa shape index (κ3) is 6.24. The Kier molecular flexibility index (Phi) is 7.50. The predicted molar refractivity (Wildman–Crippen MR) is 111 cm³/mol. The van der Waals surface area contributed by atoms with Gasteiger partial charge in [0.1, 0.15) is 5.75 Å². The molecule has 1 saturated heterocycles. The second-order valence-corrected chi connectivity index (χ2v) is 7.09. The van der Waals surface area contributed by atoms with E-state index >= 15 is 0 Å². The SMILES string of the molecule is CCOC(=O)N1CCC(NC(=O)COc2ccccc2Cc2ccccc2)CC1. The molecule has 3 rings (SSSR count). The minimum atomic E-state index is -0.282. The monoisotopic (exact) mass is 396 g/mol. The number of hydrogen-bond acceptors (Lipinski definition) is 4. The molecule has 1 heterocycles. The molecule has 1 aliphatic rings. The Morgan fingerprint density at radius 2 is 1.72 bits per heavy atom. The zero-order valence-electron chi connectivity index (χ0n) is 16.8. The molecule has 0 spiro atoms. The molecule has 1 N–H and O–H groups in total. The van der Waals surface area contributed by atoms with Crippen LogP contribution >= 0.6 is 0 Å². The number of carbonyl (C=O) groups excluding carboxylic acids is 2. The van der Waals surface area contributed by atoms with Gasteiger partial charge in [-0.05, 0) is 37.0 Å². The average Bonchev–Trinajstić information content (AvgIpc) is 2.74. The van der Waals surface area contributed by atoms with Crippen molar-refractivity contribution in [3.8, 4) is 5.75 Å². The van der Waals surface area contributed by atoms with E-state index in [0.717, 1.165) is 30.6 Å². The average molecular weight is 396 g/mol. The molecule has 0 aromatic heterocycles. The number of carbonyl (C=O) groups is 2. The van der Waals surface area contributed by atoms with E-state index in [1.54, 1.807) is 11.8 Å². The molecule has 2 amide bonds. The van der Waals surface area contributed by atoms with Crippen molar-refractivity contribution in [1.82, 2.24) is 10.2 Å². The van der Waals surface area contributed by atoms with Crippen LogP contribution in [0, 0.1) is 0 Å². The molecule has 0 atom stereocenters. The summed E-state index contributed by atoms with van der Waals surface area (Å²) in [5, 5.41) is 3.01. The lowest BCUT2D eigenvalue weighted by Gasteiger charge is -2.31. The smallest absolute Gasteiger partial charge is 0.409 e. The molecular weight excluding hydrogens is 368 g/mol. The lowest BCUT2D eigenvalue weighted by Crippen LogP contribution is -2.47. The van der Waals surface area contributed by atoms with Crippen LogP contribution in [0.4, 0.5) is 4.79 Å². The van der Waals surface area contributed by atoms with Gasteiger partial charge in [0.25, 0.3) is 5.91 Å². The highest BCUT2D eigenvalue weighted by molar-refractivity contribution is 5.78. The largest absolute Gasteiger partial charge is 0.483 e. The van der Waals surface area contributed by atoms with Gasteiger partial charge in [0.2, 0.25) is 0 Å². The summed E-state index contributed by atoms with van der Waals surface area (Å²) in [6, 6.07) is 18.0. The molecule has 0 unspecified atom stereocenters. The topological polar surface area (TPSA) is 67.9 Å². The predicted octanol–water partition coefficient (Wildman–Crippen LogP) is 3.39. The van der Waals surface area contributed by atoms with Gasteiger partial charge >= 0.3 is 6.09 Å². The highest BCUT2D eigenvalue weighted by Crippen LogP contribution is 2.21. The third-order valence-corrected chi connectivity index (χ3v) is 4.95. The normalized spacial score (nSPS) is 14.3. The zero-order chi connectivity index (χ0) is 20.5. The minimum absolute atomic E-state index is 0.0239. The van der Waals surface area contributed by atoms with Crippen molar-refractivity contribution in [2.45, 2.75) is 32.2 Å². The van der Waals surface area contributed by atoms with Crippen molar-refractivity contribution >= 4 is 12.0 Å². The van der Waals surface area contributed by atoms with Gasteiger partial charge in [-0.2, -0.15) is 0 Å². The van der Waals surface area contributed by atoms with E-state index in [4.69, 9.17) is 9.47 Å². The van der Waals surface area contributed by atoms with Gasteiger partial charge in [-0.25, -0.2) is 4.79 Å². The number of nitrogens with one attached hydrogen (secondary N) is 1. The first-order valence-corrected chi connectivity index (χ1v) is 10.1. The molecule has 0 bridgehead atoms. The van der Waals surface area contributed by atoms with Gasteiger partial charge in [-0.3, -0.25) is 4.79 Å². The van der Waals surface area contributed by atoms with Crippen LogP contribution in [0.15, 0.2) is 54.6 Å². The second-order valence-electron chi connectivity index (χ2n) is 7.09. The van der Waals surface area contributed by atoms with Crippen LogP contribution < -0.4 is 10.1 Å². The van der Waals surface area contributed by atoms with Crippen LogP contribution in [-0.2, 0) is 16.0 Å². The van der Waals surface area contributed by atoms with Crippen LogP contribution in [0.1, 0.15) is 30.9 Å². The maximum atomic E-state index is 12.3. The molecule has 2 aromatic carbocycles. The lowest BCUT2D eigenvalue weighted by atomic mass is 10.0. The summed E-state index contributed by atoms with van der Waals surface area (Å²) in [5.41, 5.74) is 2.25. The molecule has 1 fully saturated rings. The molecule has 2 aromatic rings. The Morgan fingerprint density at radius 1 is 1.03 bits per heavy atom. The van der Waals surface area contributed by atoms with Crippen LogP contribution in [0.3, 0.4) is 0 Å². The summed E-state index contributed by atoms with van der Waals surface area (Å²) < 4.78 is 10.8. The number of piperidine rings is 1. The van der Waals surface area contributed by atoms with Gasteiger partial charge in [-0.15, -0.1) is 0 Å². The van der Waals surface area contributed by atoms with Crippen LogP contribution in [-0.4, -0.2) is 49.2 Å². The summed E-state index contributed by atoms with van der Waals surface area (Å²) in [6.45, 7) is 3.32. The van der Waals surface area contributed by atoms with E-state index in [0.29, 0.717) is 19.7 Å². The number of para-hydroxylation sites is 1. The van der Waals surface area contributed by atoms with E-state index < -0.39 is 0 Å². The Morgan fingerprint density at radius 3 is 2.45 bits per heavy atom. The van der Waals surface area contributed by atoms with Crippen molar-refractivity contribution < 1.29 is 19.1 Å². The third-order valence-electron chi connectivity index (χ3n) is 4.95. The van der Waals surface area contributed by atoms with E-state index in [9.17, 15) is 9.59 Å². The molecular formula is C23H28N2O4. The standard InChI is InChI=1S/C23H28N2O4/c1-2-28-23(27)25-14-12-20(13-15-25)24-22(26)17-29-21-11-7-6-10-19(21)16-18-8-4-3-5-9-18/h3-11,20H,2,12-17H2,1H3,(H,24,26). The van der Waals surface area contributed by atoms with E-state index in [1.807, 2.05) is 42.5 Å². The molecule has 6 nitrogen and oxygen atoms in total. The molecule has 6 heteroatoms. The van der Waals surface area contributed by atoms with Gasteiger partial charge < -0.3 is 19.7 Å². The Bertz CT molecular complexity index is 802. The molecule has 0 radical (unpaired) electrons. The van der Waals surface area contributed by atoms with Crippen molar-refractivity contribution in [1.29, 1.82) is 0 Å². The summed E-state index contributed by atoms with van der Waals surface area (Å²) in [4.78, 5) is 25.8. The molecule has 0 saturated carbocycles. The molecule has 1 aliphatic heterocycles. The van der Waals surface area contributed by atoms with Gasteiger partial charge in [-0.1, -0.05) is 48.5 Å². The first kappa shape index (κ1) is 20.7. The first-order chi connectivity index (χ1) is 14.2. The van der Waals surface area contributed by atoms with Crippen molar-refractivity contribution in [3.63, 3.8) is 0 Å². The van der Waals surface area contributed by atoms with E-state index in [1.165, 1.54) is 5.56 Å². The summed E-state index contributed by atoms with van der Waals surface area (Å²) >= 11 is 0. The second kappa shape index (κ2) is 10.5. The van der Waals surface area contributed by atoms with Crippen molar-refractivity contribution in [2.75, 3.05) is 26.3 Å². The minimum Gasteiger partial charge on any atom is -0.483 e. The summed E-state index contributed by atoms with van der Waals surface area (Å²) in [7, 11) is 0. The number of amides is 2. The Hall–Kier alpha value is -3.02. The fraction of sp³-hybridized carbons (Fsp3) is 0.391. The number of hydrogen-bond donors (Lipinski definition) is 1. The summed E-state index contributed by atoms with van der Waals surface area (Å²) in [5.74, 6) is 0.581. The molecule has 29 heavy (non-hydrogen) atoms. The van der Waals surface area contributed by atoms with Gasteiger partial charge in [0, 0.05) is 25.6 Å². The lowest BCUT2D eigenvalue weighted by molar-refractivity contribution is -0.124. The number of likely N-dealkylation sites (tertiary alicyclic amines) is 1. The number of ether oxygens (including phenoxy) is 2. The molecule has 154 valence electrons. The highest BCUT2D eigenvalue weighted by atomic mass is 16.6. The van der Waals surface area contributed by atoms with Crippen molar-refractivity contribution in [2.24, 2.45) is 0 Å². The number of rotatable bonds is 7. The maximum Gasteiger partial charge on any atom is 0.409 e. The zero-order valence-corrected chi connectivity index (χ0v) is 16.8. The van der Waals surface area contributed by atoms with Crippen LogP contribution in [0.5, 0.6) is 5.75 Å². The fourth-order valence-electron chi connectivity index (χ4n) is 3.44. The number of benzene rings is 2. The van der Waals surface area contributed by atoms with E-state index in [2.05, 4.69) is 17.4 Å². The summed E-state index contributed by atoms with van der Waals surface area (Å²) in [6.07, 6.45) is 1.91.